The summed E-state index contributed by atoms with van der Waals surface area (Å²) in [5.74, 6) is -0.949. The van der Waals surface area contributed by atoms with Crippen molar-refractivity contribution in [2.45, 2.75) is 24.4 Å². The zero-order chi connectivity index (χ0) is 17.2. The number of halogens is 2. The van der Waals surface area contributed by atoms with E-state index < -0.39 is 21.7 Å². The van der Waals surface area contributed by atoms with E-state index in [2.05, 4.69) is 0 Å². The van der Waals surface area contributed by atoms with Crippen LogP contribution in [-0.4, -0.2) is 20.4 Å². The van der Waals surface area contributed by atoms with Gasteiger partial charge < -0.3 is 0 Å². The van der Waals surface area contributed by atoms with Crippen LogP contribution in [0, 0.1) is 11.6 Å². The molecule has 2 aromatic carbocycles. The zero-order valence-corrected chi connectivity index (χ0v) is 13.6. The summed E-state index contributed by atoms with van der Waals surface area (Å²) in [6.07, 6.45) is 0. The molecule has 0 aliphatic rings. The van der Waals surface area contributed by atoms with Gasteiger partial charge in [-0.05, 0) is 49.9 Å². The molecule has 0 aromatic heterocycles. The molecule has 2 aromatic rings. The Morgan fingerprint density at radius 3 is 2.30 bits per heavy atom. The summed E-state index contributed by atoms with van der Waals surface area (Å²) in [5, 5.41) is 5.06. The number of sulfonamides is 1. The van der Waals surface area contributed by atoms with Crippen LogP contribution in [0.25, 0.3) is 0 Å². The predicted octanol–water partition coefficient (Wildman–Crippen LogP) is 2.81. The van der Waals surface area contributed by atoms with E-state index in [-0.39, 0.29) is 23.0 Å². The molecular formula is C16H18F2N2O2S. The second-order valence-corrected chi connectivity index (χ2v) is 7.00. The zero-order valence-electron chi connectivity index (χ0n) is 12.8. The van der Waals surface area contributed by atoms with Crippen molar-refractivity contribution >= 4 is 10.0 Å². The molecule has 0 fully saturated rings. The molecule has 0 radical (unpaired) electrons. The highest BCUT2D eigenvalue weighted by molar-refractivity contribution is 7.89. The number of primary sulfonamides is 1. The van der Waals surface area contributed by atoms with Crippen LogP contribution in [-0.2, 0) is 16.6 Å². The van der Waals surface area contributed by atoms with Crippen LogP contribution in [0.3, 0.4) is 0 Å². The molecule has 0 amide bonds. The van der Waals surface area contributed by atoms with Crippen molar-refractivity contribution in [2.75, 3.05) is 7.05 Å². The molecule has 0 aliphatic carbocycles. The summed E-state index contributed by atoms with van der Waals surface area (Å²) < 4.78 is 49.4. The van der Waals surface area contributed by atoms with Gasteiger partial charge in [0, 0.05) is 18.2 Å². The Morgan fingerprint density at radius 1 is 1.13 bits per heavy atom. The lowest BCUT2D eigenvalue weighted by molar-refractivity contribution is 0.249. The average Bonchev–Trinajstić information content (AvgIpc) is 2.49. The molecule has 1 atom stereocenters. The molecule has 4 nitrogen and oxygen atoms in total. The van der Waals surface area contributed by atoms with Gasteiger partial charge >= 0.3 is 0 Å². The molecule has 0 spiro atoms. The van der Waals surface area contributed by atoms with Crippen molar-refractivity contribution in [3.8, 4) is 0 Å². The lowest BCUT2D eigenvalue weighted by Gasteiger charge is -2.25. The average molecular weight is 340 g/mol. The molecule has 0 unspecified atom stereocenters. The largest absolute Gasteiger partial charge is 0.295 e. The lowest BCUT2D eigenvalue weighted by Crippen LogP contribution is -2.22. The van der Waals surface area contributed by atoms with Gasteiger partial charge in [0.2, 0.25) is 10.0 Å². The van der Waals surface area contributed by atoms with Gasteiger partial charge in [0.1, 0.15) is 11.6 Å². The van der Waals surface area contributed by atoms with Crippen molar-refractivity contribution in [1.29, 1.82) is 0 Å². The predicted molar refractivity (Wildman–Crippen MR) is 84.1 cm³/mol. The van der Waals surface area contributed by atoms with E-state index in [0.717, 1.165) is 17.7 Å². The van der Waals surface area contributed by atoms with Crippen LogP contribution in [0.15, 0.2) is 47.4 Å². The minimum atomic E-state index is -3.73. The maximum atomic E-state index is 13.7. The van der Waals surface area contributed by atoms with E-state index in [1.165, 1.54) is 18.2 Å². The summed E-state index contributed by atoms with van der Waals surface area (Å²) in [4.78, 5) is 1.87. The standard InChI is InChI=1S/C16H18F2N2O2S/c1-11(12-3-6-15(7-4-12)23(19,21)22)20(2)10-13-9-14(17)5-8-16(13)18/h3-9,11H,10H2,1-2H3,(H2,19,21,22)/t11-/m1/s1. The Hall–Kier alpha value is -1.83. The van der Waals surface area contributed by atoms with Crippen LogP contribution in [0.2, 0.25) is 0 Å². The summed E-state index contributed by atoms with van der Waals surface area (Å²) in [5.41, 5.74) is 1.11. The number of hydrogen-bond acceptors (Lipinski definition) is 3. The van der Waals surface area contributed by atoms with E-state index in [0.29, 0.717) is 0 Å². The number of nitrogens with two attached hydrogens (primary N) is 1. The Bertz CT molecular complexity index is 792. The second kappa shape index (κ2) is 6.74. The molecule has 0 saturated heterocycles. The van der Waals surface area contributed by atoms with Crippen molar-refractivity contribution in [2.24, 2.45) is 5.14 Å². The molecule has 0 bridgehead atoms. The first-order chi connectivity index (χ1) is 10.7. The van der Waals surface area contributed by atoms with Crippen LogP contribution in [0.1, 0.15) is 24.1 Å². The molecule has 124 valence electrons. The van der Waals surface area contributed by atoms with E-state index in [9.17, 15) is 17.2 Å². The van der Waals surface area contributed by atoms with Gasteiger partial charge in [-0.15, -0.1) is 0 Å². The van der Waals surface area contributed by atoms with E-state index in [4.69, 9.17) is 5.14 Å². The molecule has 2 rings (SSSR count). The normalized spacial score (nSPS) is 13.3. The number of nitrogens with zero attached hydrogens (tertiary/aromatic N) is 1. The van der Waals surface area contributed by atoms with Crippen LogP contribution >= 0.6 is 0 Å². The Kier molecular flexibility index (Phi) is 5.13. The van der Waals surface area contributed by atoms with Gasteiger partial charge in [-0.1, -0.05) is 12.1 Å². The van der Waals surface area contributed by atoms with Crippen molar-refractivity contribution in [3.05, 3.63) is 65.2 Å². The molecule has 0 heterocycles. The quantitative estimate of drug-likeness (QED) is 0.910. The highest BCUT2D eigenvalue weighted by Crippen LogP contribution is 2.23. The summed E-state index contributed by atoms with van der Waals surface area (Å²) >= 11 is 0. The number of hydrogen-bond donors (Lipinski definition) is 1. The van der Waals surface area contributed by atoms with Gasteiger partial charge in [0.25, 0.3) is 0 Å². The molecule has 0 saturated carbocycles. The van der Waals surface area contributed by atoms with Crippen LogP contribution in [0.4, 0.5) is 8.78 Å². The highest BCUT2D eigenvalue weighted by Gasteiger charge is 2.15. The Morgan fingerprint density at radius 2 is 1.74 bits per heavy atom. The van der Waals surface area contributed by atoms with Crippen LogP contribution in [0.5, 0.6) is 0 Å². The third kappa shape index (κ3) is 4.34. The van der Waals surface area contributed by atoms with Gasteiger partial charge in [0.05, 0.1) is 4.90 Å². The molecular weight excluding hydrogens is 322 g/mol. The first kappa shape index (κ1) is 17.5. The second-order valence-electron chi connectivity index (χ2n) is 5.44. The first-order valence-corrected chi connectivity index (χ1v) is 8.50. The minimum absolute atomic E-state index is 0.0345. The number of benzene rings is 2. The third-order valence-electron chi connectivity index (χ3n) is 3.78. The lowest BCUT2D eigenvalue weighted by atomic mass is 10.1. The summed E-state index contributed by atoms with van der Waals surface area (Å²) in [6.45, 7) is 2.12. The Labute approximate surface area is 134 Å². The summed E-state index contributed by atoms with van der Waals surface area (Å²) in [6, 6.07) is 9.40. The Balaban J connectivity index is 2.16. The van der Waals surface area contributed by atoms with E-state index >= 15 is 0 Å². The third-order valence-corrected chi connectivity index (χ3v) is 4.71. The van der Waals surface area contributed by atoms with E-state index in [1.807, 2.05) is 11.8 Å². The van der Waals surface area contributed by atoms with Crippen molar-refractivity contribution in [1.82, 2.24) is 4.90 Å². The fourth-order valence-electron chi connectivity index (χ4n) is 2.26. The SMILES string of the molecule is C[C@H](c1ccc(S(N)(=O)=O)cc1)N(C)Cc1cc(F)ccc1F. The maximum absolute atomic E-state index is 13.7. The van der Waals surface area contributed by atoms with Gasteiger partial charge in [-0.3, -0.25) is 4.90 Å². The van der Waals surface area contributed by atoms with Gasteiger partial charge in [-0.2, -0.15) is 0 Å². The minimum Gasteiger partial charge on any atom is -0.295 e. The molecule has 2 N–H and O–H groups in total. The fourth-order valence-corrected chi connectivity index (χ4v) is 2.78. The first-order valence-electron chi connectivity index (χ1n) is 6.95. The van der Waals surface area contributed by atoms with Crippen molar-refractivity contribution in [3.63, 3.8) is 0 Å². The van der Waals surface area contributed by atoms with Crippen LogP contribution < -0.4 is 5.14 Å². The van der Waals surface area contributed by atoms with E-state index in [1.54, 1.807) is 19.2 Å². The maximum Gasteiger partial charge on any atom is 0.238 e. The molecule has 0 aliphatic heterocycles. The van der Waals surface area contributed by atoms with Gasteiger partial charge in [-0.25, -0.2) is 22.3 Å². The highest BCUT2D eigenvalue weighted by atomic mass is 32.2. The molecule has 23 heavy (non-hydrogen) atoms. The number of rotatable bonds is 5. The summed E-state index contributed by atoms with van der Waals surface area (Å²) in [7, 11) is -1.95. The monoisotopic (exact) mass is 340 g/mol. The van der Waals surface area contributed by atoms with Gasteiger partial charge in [0.15, 0.2) is 0 Å². The fraction of sp³-hybridized carbons (Fsp3) is 0.250. The smallest absolute Gasteiger partial charge is 0.238 e. The van der Waals surface area contributed by atoms with Crippen molar-refractivity contribution < 1.29 is 17.2 Å². The topological polar surface area (TPSA) is 63.4 Å². The molecule has 7 heteroatoms.